The highest BCUT2D eigenvalue weighted by Gasteiger charge is 2.33. The van der Waals surface area contributed by atoms with E-state index in [-0.39, 0.29) is 18.0 Å². The standard InChI is InChI=1S/C15H19N3O4/c1-9(2)15(3,8-13(19)20)16-14(21)11-7-10(17-18-11)12-5-4-6-22-12/h4-7,9H,8H2,1-3H3,(H,16,21)(H,17,18)(H,19,20). The Hall–Kier alpha value is -2.57. The maximum absolute atomic E-state index is 12.3. The van der Waals surface area contributed by atoms with Crippen LogP contribution in [0.4, 0.5) is 0 Å². The number of carboxylic acid groups (broad SMARTS) is 1. The summed E-state index contributed by atoms with van der Waals surface area (Å²) in [6.07, 6.45) is 1.37. The number of rotatable bonds is 6. The first-order valence-electron chi connectivity index (χ1n) is 6.95. The third-order valence-corrected chi connectivity index (χ3v) is 3.79. The fraction of sp³-hybridized carbons (Fsp3) is 0.400. The lowest BCUT2D eigenvalue weighted by Gasteiger charge is -2.33. The molecule has 0 saturated heterocycles. The Kier molecular flexibility index (Phi) is 4.35. The second-order valence-electron chi connectivity index (χ2n) is 5.74. The van der Waals surface area contributed by atoms with Crippen molar-refractivity contribution in [3.63, 3.8) is 0 Å². The highest BCUT2D eigenvalue weighted by molar-refractivity contribution is 5.94. The molecule has 0 aliphatic carbocycles. The van der Waals surface area contributed by atoms with Crippen LogP contribution in [0.3, 0.4) is 0 Å². The van der Waals surface area contributed by atoms with Crippen molar-refractivity contribution in [1.29, 1.82) is 0 Å². The Morgan fingerprint density at radius 2 is 2.23 bits per heavy atom. The SMILES string of the molecule is CC(C)C(C)(CC(=O)O)NC(=O)c1cc(-c2ccco2)[nH]n1. The van der Waals surface area contributed by atoms with Gasteiger partial charge in [0.15, 0.2) is 11.5 Å². The fourth-order valence-corrected chi connectivity index (χ4v) is 2.03. The van der Waals surface area contributed by atoms with E-state index in [4.69, 9.17) is 9.52 Å². The molecule has 1 atom stereocenters. The Labute approximate surface area is 127 Å². The zero-order valence-electron chi connectivity index (χ0n) is 12.7. The molecule has 22 heavy (non-hydrogen) atoms. The van der Waals surface area contributed by atoms with Crippen molar-refractivity contribution in [3.8, 4) is 11.5 Å². The van der Waals surface area contributed by atoms with Crippen LogP contribution in [0.2, 0.25) is 0 Å². The van der Waals surface area contributed by atoms with Crippen LogP contribution in [0.25, 0.3) is 11.5 Å². The number of nitrogens with one attached hydrogen (secondary N) is 2. The van der Waals surface area contributed by atoms with E-state index in [0.717, 1.165) is 0 Å². The maximum atomic E-state index is 12.3. The minimum absolute atomic E-state index is 0.0453. The second-order valence-corrected chi connectivity index (χ2v) is 5.74. The molecule has 2 rings (SSSR count). The highest BCUT2D eigenvalue weighted by atomic mass is 16.4. The number of hydrogen-bond acceptors (Lipinski definition) is 4. The molecular weight excluding hydrogens is 286 g/mol. The van der Waals surface area contributed by atoms with E-state index in [1.807, 2.05) is 13.8 Å². The molecule has 1 unspecified atom stereocenters. The lowest BCUT2D eigenvalue weighted by Crippen LogP contribution is -2.51. The molecule has 0 aliphatic rings. The minimum Gasteiger partial charge on any atom is -0.481 e. The van der Waals surface area contributed by atoms with Gasteiger partial charge in [-0.3, -0.25) is 14.7 Å². The highest BCUT2D eigenvalue weighted by Crippen LogP contribution is 2.22. The number of carbonyl (C=O) groups is 2. The monoisotopic (exact) mass is 305 g/mol. The van der Waals surface area contributed by atoms with Gasteiger partial charge in [0.05, 0.1) is 18.2 Å². The van der Waals surface area contributed by atoms with Gasteiger partial charge in [-0.2, -0.15) is 5.10 Å². The van der Waals surface area contributed by atoms with Gasteiger partial charge in [0.2, 0.25) is 0 Å². The van der Waals surface area contributed by atoms with E-state index in [1.54, 1.807) is 25.1 Å². The number of nitrogens with zero attached hydrogens (tertiary/aromatic N) is 1. The summed E-state index contributed by atoms with van der Waals surface area (Å²) in [7, 11) is 0. The molecule has 2 heterocycles. The maximum Gasteiger partial charge on any atom is 0.305 e. The first-order chi connectivity index (χ1) is 10.3. The summed E-state index contributed by atoms with van der Waals surface area (Å²) in [6.45, 7) is 5.44. The van der Waals surface area contributed by atoms with Crippen molar-refractivity contribution in [2.45, 2.75) is 32.7 Å². The molecule has 0 spiro atoms. The molecular formula is C15H19N3O4. The average molecular weight is 305 g/mol. The Bertz CT molecular complexity index is 660. The number of hydrogen-bond donors (Lipinski definition) is 3. The van der Waals surface area contributed by atoms with Gasteiger partial charge in [-0.25, -0.2) is 0 Å². The van der Waals surface area contributed by atoms with Gasteiger partial charge in [-0.05, 0) is 25.0 Å². The van der Waals surface area contributed by atoms with E-state index < -0.39 is 17.4 Å². The summed E-state index contributed by atoms with van der Waals surface area (Å²) < 4.78 is 5.22. The molecule has 7 heteroatoms. The van der Waals surface area contributed by atoms with Crippen LogP contribution in [0.1, 0.15) is 37.7 Å². The molecule has 3 N–H and O–H groups in total. The second kappa shape index (κ2) is 6.05. The number of amides is 1. The Balaban J connectivity index is 2.16. The van der Waals surface area contributed by atoms with Crippen LogP contribution in [0.15, 0.2) is 28.9 Å². The van der Waals surface area contributed by atoms with Gasteiger partial charge in [-0.15, -0.1) is 0 Å². The number of carboxylic acids is 1. The van der Waals surface area contributed by atoms with Crippen molar-refractivity contribution in [2.75, 3.05) is 0 Å². The third kappa shape index (κ3) is 3.36. The quantitative estimate of drug-likeness (QED) is 0.758. The van der Waals surface area contributed by atoms with E-state index in [0.29, 0.717) is 11.5 Å². The van der Waals surface area contributed by atoms with Gasteiger partial charge in [-0.1, -0.05) is 13.8 Å². The number of aromatic amines is 1. The molecule has 0 aromatic carbocycles. The largest absolute Gasteiger partial charge is 0.481 e. The van der Waals surface area contributed by atoms with Gasteiger partial charge in [0, 0.05) is 6.07 Å². The predicted molar refractivity (Wildman–Crippen MR) is 79.3 cm³/mol. The van der Waals surface area contributed by atoms with Gasteiger partial charge >= 0.3 is 5.97 Å². The van der Waals surface area contributed by atoms with E-state index >= 15 is 0 Å². The summed E-state index contributed by atoms with van der Waals surface area (Å²) in [4.78, 5) is 23.3. The summed E-state index contributed by atoms with van der Waals surface area (Å²) >= 11 is 0. The fourth-order valence-electron chi connectivity index (χ4n) is 2.03. The molecule has 7 nitrogen and oxygen atoms in total. The number of furan rings is 1. The smallest absolute Gasteiger partial charge is 0.305 e. The molecule has 0 bridgehead atoms. The van der Waals surface area contributed by atoms with Crippen molar-refractivity contribution in [2.24, 2.45) is 5.92 Å². The molecule has 0 radical (unpaired) electrons. The molecule has 2 aromatic heterocycles. The van der Waals surface area contributed by atoms with Crippen LogP contribution in [-0.2, 0) is 4.79 Å². The molecule has 0 fully saturated rings. The van der Waals surface area contributed by atoms with Gasteiger partial charge in [0.1, 0.15) is 5.69 Å². The average Bonchev–Trinajstić information content (AvgIpc) is 3.08. The first kappa shape index (κ1) is 15.8. The van der Waals surface area contributed by atoms with E-state index in [9.17, 15) is 9.59 Å². The lowest BCUT2D eigenvalue weighted by atomic mass is 9.85. The van der Waals surface area contributed by atoms with Gasteiger partial charge in [0.25, 0.3) is 5.91 Å². The first-order valence-corrected chi connectivity index (χ1v) is 6.95. The lowest BCUT2D eigenvalue weighted by molar-refractivity contribution is -0.138. The molecule has 0 saturated carbocycles. The van der Waals surface area contributed by atoms with Crippen molar-refractivity contribution >= 4 is 11.9 Å². The minimum atomic E-state index is -0.963. The van der Waals surface area contributed by atoms with Crippen molar-refractivity contribution < 1.29 is 19.1 Å². The molecule has 118 valence electrons. The Morgan fingerprint density at radius 3 is 2.77 bits per heavy atom. The van der Waals surface area contributed by atoms with E-state index in [2.05, 4.69) is 15.5 Å². The topological polar surface area (TPSA) is 108 Å². The number of carbonyl (C=O) groups excluding carboxylic acids is 1. The molecule has 0 aliphatic heterocycles. The van der Waals surface area contributed by atoms with Crippen LogP contribution < -0.4 is 5.32 Å². The summed E-state index contributed by atoms with van der Waals surface area (Å²) in [5.74, 6) is -0.860. The molecule has 1 amide bonds. The zero-order chi connectivity index (χ0) is 16.3. The third-order valence-electron chi connectivity index (χ3n) is 3.79. The van der Waals surface area contributed by atoms with Crippen molar-refractivity contribution in [1.82, 2.24) is 15.5 Å². The Morgan fingerprint density at radius 1 is 1.50 bits per heavy atom. The zero-order valence-corrected chi connectivity index (χ0v) is 12.7. The van der Waals surface area contributed by atoms with E-state index in [1.165, 1.54) is 6.26 Å². The van der Waals surface area contributed by atoms with Crippen LogP contribution in [-0.4, -0.2) is 32.7 Å². The van der Waals surface area contributed by atoms with Crippen LogP contribution >= 0.6 is 0 Å². The van der Waals surface area contributed by atoms with Gasteiger partial charge < -0.3 is 14.8 Å². The number of H-pyrrole nitrogens is 1. The predicted octanol–water partition coefficient (Wildman–Crippen LogP) is 2.29. The van der Waals surface area contributed by atoms with Crippen LogP contribution in [0.5, 0.6) is 0 Å². The summed E-state index contributed by atoms with van der Waals surface area (Å²) in [5.41, 5.74) is -0.0875. The van der Waals surface area contributed by atoms with Crippen molar-refractivity contribution in [3.05, 3.63) is 30.2 Å². The number of aliphatic carboxylic acids is 1. The summed E-state index contributed by atoms with van der Waals surface area (Å²) in [6, 6.07) is 5.05. The number of aromatic nitrogens is 2. The normalized spacial score (nSPS) is 13.8. The molecule has 2 aromatic rings. The summed E-state index contributed by atoms with van der Waals surface area (Å²) in [5, 5.41) is 18.5. The van der Waals surface area contributed by atoms with Crippen LogP contribution in [0, 0.1) is 5.92 Å².